The number of ketones is 1. The average molecular weight is 366 g/mol. The SMILES string of the molecule is O=C(Cc1ccc(Br)cc1Cl)C1OCCc2ccccc21. The Morgan fingerprint density at radius 3 is 2.90 bits per heavy atom. The first-order valence-electron chi connectivity index (χ1n) is 6.81. The van der Waals surface area contributed by atoms with Gasteiger partial charge in [-0.2, -0.15) is 0 Å². The van der Waals surface area contributed by atoms with Crippen LogP contribution in [0, 0.1) is 0 Å². The quantitative estimate of drug-likeness (QED) is 0.799. The Morgan fingerprint density at radius 1 is 1.29 bits per heavy atom. The van der Waals surface area contributed by atoms with E-state index in [1.54, 1.807) is 6.07 Å². The van der Waals surface area contributed by atoms with Crippen molar-refractivity contribution in [3.63, 3.8) is 0 Å². The Balaban J connectivity index is 1.83. The van der Waals surface area contributed by atoms with Crippen molar-refractivity contribution in [1.29, 1.82) is 0 Å². The van der Waals surface area contributed by atoms with Crippen LogP contribution in [0.1, 0.15) is 22.8 Å². The first-order valence-corrected chi connectivity index (χ1v) is 7.98. The number of carbonyl (C=O) groups excluding carboxylic acids is 1. The van der Waals surface area contributed by atoms with Crippen LogP contribution in [0.3, 0.4) is 0 Å². The Bertz CT molecular complexity index is 684. The van der Waals surface area contributed by atoms with E-state index in [4.69, 9.17) is 16.3 Å². The normalized spacial score (nSPS) is 17.3. The monoisotopic (exact) mass is 364 g/mol. The van der Waals surface area contributed by atoms with Crippen molar-refractivity contribution in [2.24, 2.45) is 0 Å². The van der Waals surface area contributed by atoms with Crippen LogP contribution in [-0.2, 0) is 22.4 Å². The molecule has 2 aromatic carbocycles. The van der Waals surface area contributed by atoms with Crippen molar-refractivity contribution in [2.75, 3.05) is 6.61 Å². The van der Waals surface area contributed by atoms with Crippen LogP contribution in [0.25, 0.3) is 0 Å². The number of rotatable bonds is 3. The summed E-state index contributed by atoms with van der Waals surface area (Å²) < 4.78 is 6.61. The number of hydrogen-bond acceptors (Lipinski definition) is 2. The number of benzene rings is 2. The highest BCUT2D eigenvalue weighted by Crippen LogP contribution is 2.30. The molecule has 0 fully saturated rings. The van der Waals surface area contributed by atoms with Crippen LogP contribution < -0.4 is 0 Å². The summed E-state index contributed by atoms with van der Waals surface area (Å²) in [6, 6.07) is 13.5. The second-order valence-electron chi connectivity index (χ2n) is 5.08. The largest absolute Gasteiger partial charge is 0.365 e. The van der Waals surface area contributed by atoms with Crippen molar-refractivity contribution >= 4 is 33.3 Å². The maximum Gasteiger partial charge on any atom is 0.170 e. The van der Waals surface area contributed by atoms with Gasteiger partial charge in [-0.05, 0) is 35.2 Å². The second kappa shape index (κ2) is 6.30. The highest BCUT2D eigenvalue weighted by atomic mass is 79.9. The summed E-state index contributed by atoms with van der Waals surface area (Å²) in [5.74, 6) is 0.0476. The Labute approximate surface area is 137 Å². The van der Waals surface area contributed by atoms with E-state index in [2.05, 4.69) is 22.0 Å². The fourth-order valence-corrected chi connectivity index (χ4v) is 3.35. The predicted molar refractivity (Wildman–Crippen MR) is 86.7 cm³/mol. The molecule has 1 unspecified atom stereocenters. The number of halogens is 2. The second-order valence-corrected chi connectivity index (χ2v) is 6.40. The van der Waals surface area contributed by atoms with E-state index in [0.717, 1.165) is 22.0 Å². The smallest absolute Gasteiger partial charge is 0.170 e. The standard InChI is InChI=1S/C17H14BrClO2/c18-13-6-5-12(15(19)10-13)9-16(20)17-14-4-2-1-3-11(14)7-8-21-17/h1-6,10,17H,7-9H2. The van der Waals surface area contributed by atoms with Gasteiger partial charge in [-0.25, -0.2) is 0 Å². The number of fused-ring (bicyclic) bond motifs is 1. The van der Waals surface area contributed by atoms with Crippen molar-refractivity contribution in [2.45, 2.75) is 18.9 Å². The van der Waals surface area contributed by atoms with E-state index in [1.807, 2.05) is 30.3 Å². The number of hydrogen-bond donors (Lipinski definition) is 0. The molecule has 0 amide bonds. The third kappa shape index (κ3) is 3.20. The predicted octanol–water partition coefficient (Wildman–Crippen LogP) is 4.53. The molecule has 0 saturated carbocycles. The molecule has 0 N–H and O–H groups in total. The van der Waals surface area contributed by atoms with E-state index >= 15 is 0 Å². The zero-order valence-corrected chi connectivity index (χ0v) is 13.7. The van der Waals surface area contributed by atoms with Gasteiger partial charge in [0.1, 0.15) is 6.10 Å². The Kier molecular flexibility index (Phi) is 4.43. The summed E-state index contributed by atoms with van der Waals surface area (Å²) in [5, 5.41) is 0.599. The van der Waals surface area contributed by atoms with Gasteiger partial charge in [0, 0.05) is 15.9 Å². The highest BCUT2D eigenvalue weighted by Gasteiger charge is 2.27. The summed E-state index contributed by atoms with van der Waals surface area (Å²) in [4.78, 5) is 12.6. The first kappa shape index (κ1) is 14.8. The summed E-state index contributed by atoms with van der Waals surface area (Å²) in [5.41, 5.74) is 3.02. The molecule has 3 rings (SSSR count). The highest BCUT2D eigenvalue weighted by molar-refractivity contribution is 9.10. The molecule has 0 aliphatic carbocycles. The molecule has 1 aliphatic heterocycles. The third-order valence-corrected chi connectivity index (χ3v) is 4.51. The van der Waals surface area contributed by atoms with Gasteiger partial charge in [-0.1, -0.05) is 57.9 Å². The minimum absolute atomic E-state index is 0.0476. The van der Waals surface area contributed by atoms with E-state index in [9.17, 15) is 4.79 Å². The zero-order valence-electron chi connectivity index (χ0n) is 11.3. The Hall–Kier alpha value is -1.16. The summed E-state index contributed by atoms with van der Waals surface area (Å²) in [6.07, 6.45) is 0.666. The molecule has 0 saturated heterocycles. The van der Waals surface area contributed by atoms with Gasteiger partial charge in [0.25, 0.3) is 0 Å². The van der Waals surface area contributed by atoms with Crippen molar-refractivity contribution < 1.29 is 9.53 Å². The molecule has 0 spiro atoms. The van der Waals surface area contributed by atoms with Gasteiger partial charge >= 0.3 is 0 Å². The molecule has 2 aromatic rings. The van der Waals surface area contributed by atoms with Crippen molar-refractivity contribution in [1.82, 2.24) is 0 Å². The Morgan fingerprint density at radius 2 is 2.10 bits per heavy atom. The molecule has 2 nitrogen and oxygen atoms in total. The van der Waals surface area contributed by atoms with Gasteiger partial charge in [-0.3, -0.25) is 4.79 Å². The molecule has 108 valence electrons. The van der Waals surface area contributed by atoms with Crippen molar-refractivity contribution in [3.8, 4) is 0 Å². The van der Waals surface area contributed by atoms with Gasteiger partial charge < -0.3 is 4.74 Å². The van der Waals surface area contributed by atoms with Crippen LogP contribution in [-0.4, -0.2) is 12.4 Å². The van der Waals surface area contributed by atoms with Crippen LogP contribution >= 0.6 is 27.5 Å². The maximum absolute atomic E-state index is 12.6. The number of carbonyl (C=O) groups is 1. The van der Waals surface area contributed by atoms with E-state index in [-0.39, 0.29) is 12.2 Å². The van der Waals surface area contributed by atoms with Gasteiger partial charge in [0.15, 0.2) is 5.78 Å². The van der Waals surface area contributed by atoms with Gasteiger partial charge in [0.2, 0.25) is 0 Å². The molecule has 4 heteroatoms. The van der Waals surface area contributed by atoms with Crippen molar-refractivity contribution in [3.05, 3.63) is 68.7 Å². The van der Waals surface area contributed by atoms with Crippen LogP contribution in [0.2, 0.25) is 5.02 Å². The lowest BCUT2D eigenvalue weighted by molar-refractivity contribution is -0.131. The van der Waals surface area contributed by atoms with E-state index in [0.29, 0.717) is 11.6 Å². The lowest BCUT2D eigenvalue weighted by atomic mass is 9.93. The van der Waals surface area contributed by atoms with Crippen LogP contribution in [0.5, 0.6) is 0 Å². The molecule has 1 atom stereocenters. The minimum Gasteiger partial charge on any atom is -0.365 e. The van der Waals surface area contributed by atoms with Gasteiger partial charge in [0.05, 0.1) is 6.61 Å². The molecular formula is C17H14BrClO2. The molecule has 0 bridgehead atoms. The summed E-state index contributed by atoms with van der Waals surface area (Å²) >= 11 is 9.56. The first-order chi connectivity index (χ1) is 10.1. The average Bonchev–Trinajstić information content (AvgIpc) is 2.49. The van der Waals surface area contributed by atoms with Gasteiger partial charge in [-0.15, -0.1) is 0 Å². The lowest BCUT2D eigenvalue weighted by Crippen LogP contribution is -2.24. The van der Waals surface area contributed by atoms with Crippen LogP contribution in [0.4, 0.5) is 0 Å². The molecule has 0 radical (unpaired) electrons. The number of ether oxygens (including phenoxy) is 1. The van der Waals surface area contributed by atoms with E-state index in [1.165, 1.54) is 5.56 Å². The van der Waals surface area contributed by atoms with E-state index < -0.39 is 6.10 Å². The fraction of sp³-hybridized carbons (Fsp3) is 0.235. The number of Topliss-reactive ketones (excluding diaryl/α,β-unsaturated/α-hetero) is 1. The van der Waals surface area contributed by atoms with Crippen LogP contribution in [0.15, 0.2) is 46.9 Å². The minimum atomic E-state index is -0.477. The summed E-state index contributed by atoms with van der Waals surface area (Å²) in [7, 11) is 0. The zero-order chi connectivity index (χ0) is 14.8. The third-order valence-electron chi connectivity index (χ3n) is 3.67. The molecule has 1 aliphatic rings. The maximum atomic E-state index is 12.6. The lowest BCUT2D eigenvalue weighted by Gasteiger charge is -2.25. The molecule has 1 heterocycles. The molecule has 0 aromatic heterocycles. The topological polar surface area (TPSA) is 26.3 Å². The summed E-state index contributed by atoms with van der Waals surface area (Å²) in [6.45, 7) is 0.585. The molecular weight excluding hydrogens is 352 g/mol. The fourth-order valence-electron chi connectivity index (χ4n) is 2.61. The molecule has 21 heavy (non-hydrogen) atoms.